The third kappa shape index (κ3) is 1.65. The Morgan fingerprint density at radius 1 is 0.944 bits per heavy atom. The number of rotatable bonds is 0. The highest BCUT2D eigenvalue weighted by Crippen LogP contribution is 2.23. The minimum Gasteiger partial charge on any atom is -0.296 e. The molecule has 0 aromatic carbocycles. The van der Waals surface area contributed by atoms with Gasteiger partial charge in [0.25, 0.3) is 11.8 Å². The predicted octanol–water partition coefficient (Wildman–Crippen LogP) is -1.28. The van der Waals surface area contributed by atoms with Gasteiger partial charge in [-0.2, -0.15) is 0 Å². The average molecular weight is 248 g/mol. The number of hydrogen-bond donors (Lipinski definition) is 4. The summed E-state index contributed by atoms with van der Waals surface area (Å²) in [7, 11) is 0. The maximum Gasteiger partial charge on any atom is 0.257 e. The first-order chi connectivity index (χ1) is 8.56. The van der Waals surface area contributed by atoms with E-state index in [0.717, 1.165) is 0 Å². The number of hydrazine groups is 1. The zero-order chi connectivity index (χ0) is 12.9. The molecule has 2 heterocycles. The fraction of sp³-hybridized carbons (Fsp3) is 0.500. The number of carbonyl (C=O) groups is 2. The molecule has 18 heavy (non-hydrogen) atoms. The molecule has 2 amide bonds. The molecule has 0 aromatic rings. The van der Waals surface area contributed by atoms with E-state index in [4.69, 9.17) is 0 Å². The van der Waals surface area contributed by atoms with Gasteiger partial charge in [-0.15, -0.1) is 0 Å². The molecule has 96 valence electrons. The molecule has 3 rings (SSSR count). The molecular weight excluding hydrogens is 232 g/mol. The van der Waals surface area contributed by atoms with E-state index in [9.17, 15) is 9.59 Å². The zero-order valence-corrected chi connectivity index (χ0v) is 10.3. The van der Waals surface area contributed by atoms with Gasteiger partial charge in [-0.25, -0.2) is 0 Å². The number of hydrogen-bond acceptors (Lipinski definition) is 4. The third-order valence-corrected chi connectivity index (χ3v) is 3.69. The van der Waals surface area contributed by atoms with Crippen LogP contribution in [0, 0.1) is 0 Å². The Hall–Kier alpha value is -1.66. The van der Waals surface area contributed by atoms with Crippen LogP contribution in [0.5, 0.6) is 0 Å². The second kappa shape index (κ2) is 3.93. The van der Waals surface area contributed by atoms with Gasteiger partial charge in [0.15, 0.2) is 0 Å². The summed E-state index contributed by atoms with van der Waals surface area (Å²) in [5, 5.41) is 6.51. The monoisotopic (exact) mass is 248 g/mol. The molecule has 0 saturated carbocycles. The van der Waals surface area contributed by atoms with Crippen molar-refractivity contribution in [3.05, 3.63) is 23.3 Å². The summed E-state index contributed by atoms with van der Waals surface area (Å²) in [4.78, 5) is 23.5. The molecular formula is C12H16N4O2. The van der Waals surface area contributed by atoms with Gasteiger partial charge >= 0.3 is 0 Å². The molecule has 4 atom stereocenters. The standard InChI is InChI=1S/C12H16N4O2/c1-5-3-6(2)8-7(4-5)13-9-10(14-8)12(18)16-15-11(9)17/h3-4,7-10,13-14H,1-2H3,(H,15,17)(H,16,18). The van der Waals surface area contributed by atoms with E-state index < -0.39 is 12.1 Å². The summed E-state index contributed by atoms with van der Waals surface area (Å²) < 4.78 is 0. The summed E-state index contributed by atoms with van der Waals surface area (Å²) in [5.74, 6) is -0.409. The number of amides is 2. The van der Waals surface area contributed by atoms with Crippen LogP contribution < -0.4 is 21.5 Å². The van der Waals surface area contributed by atoms with Crippen molar-refractivity contribution in [1.82, 2.24) is 21.5 Å². The molecule has 2 saturated heterocycles. The van der Waals surface area contributed by atoms with Gasteiger partial charge in [0.2, 0.25) is 0 Å². The van der Waals surface area contributed by atoms with Crippen molar-refractivity contribution in [2.24, 2.45) is 0 Å². The Bertz CT molecular complexity index is 482. The van der Waals surface area contributed by atoms with Crippen molar-refractivity contribution in [3.63, 3.8) is 0 Å². The normalized spacial score (nSPS) is 38.8. The first-order valence-electron chi connectivity index (χ1n) is 6.04. The highest BCUT2D eigenvalue weighted by molar-refractivity contribution is 5.97. The minimum atomic E-state index is -0.519. The van der Waals surface area contributed by atoms with Crippen LogP contribution in [-0.2, 0) is 9.59 Å². The minimum absolute atomic E-state index is 0.0490. The van der Waals surface area contributed by atoms with Gasteiger partial charge in [-0.3, -0.25) is 31.1 Å². The second-order valence-electron chi connectivity index (χ2n) is 5.07. The maximum absolute atomic E-state index is 11.8. The number of piperazine rings is 1. The molecule has 4 unspecified atom stereocenters. The smallest absolute Gasteiger partial charge is 0.257 e. The van der Waals surface area contributed by atoms with Gasteiger partial charge in [0.1, 0.15) is 12.1 Å². The van der Waals surface area contributed by atoms with E-state index in [0.29, 0.717) is 0 Å². The Kier molecular flexibility index (Phi) is 2.49. The molecule has 0 spiro atoms. The van der Waals surface area contributed by atoms with E-state index in [1.54, 1.807) is 0 Å². The van der Waals surface area contributed by atoms with Gasteiger partial charge in [0.05, 0.1) is 0 Å². The van der Waals surface area contributed by atoms with Crippen molar-refractivity contribution in [3.8, 4) is 0 Å². The molecule has 2 fully saturated rings. The Morgan fingerprint density at radius 3 is 2.22 bits per heavy atom. The molecule has 6 heteroatoms. The molecule has 0 aromatic heterocycles. The van der Waals surface area contributed by atoms with Crippen molar-refractivity contribution in [2.75, 3.05) is 0 Å². The van der Waals surface area contributed by atoms with Crippen LogP contribution >= 0.6 is 0 Å². The van der Waals surface area contributed by atoms with Gasteiger partial charge in [0, 0.05) is 12.1 Å². The van der Waals surface area contributed by atoms with Crippen molar-refractivity contribution >= 4 is 11.8 Å². The van der Waals surface area contributed by atoms with Crippen LogP contribution in [0.4, 0.5) is 0 Å². The van der Waals surface area contributed by atoms with E-state index in [1.807, 2.05) is 13.8 Å². The predicted molar refractivity (Wildman–Crippen MR) is 65.2 cm³/mol. The second-order valence-corrected chi connectivity index (χ2v) is 5.07. The van der Waals surface area contributed by atoms with Crippen LogP contribution in [0.15, 0.2) is 23.3 Å². The van der Waals surface area contributed by atoms with Crippen LogP contribution in [0.2, 0.25) is 0 Å². The number of allylic oxidation sites excluding steroid dienone is 2. The van der Waals surface area contributed by atoms with E-state index in [2.05, 4.69) is 33.6 Å². The maximum atomic E-state index is 11.8. The third-order valence-electron chi connectivity index (χ3n) is 3.69. The summed E-state index contributed by atoms with van der Waals surface area (Å²) in [6.07, 6.45) is 4.18. The SMILES string of the molecule is CC1=CC2NC3C(=O)NNC(=O)C3NC2C(C)=C1. The van der Waals surface area contributed by atoms with E-state index >= 15 is 0 Å². The highest BCUT2D eigenvalue weighted by atomic mass is 16.2. The summed E-state index contributed by atoms with van der Waals surface area (Å²) in [5.41, 5.74) is 7.09. The topological polar surface area (TPSA) is 82.3 Å². The molecule has 3 aliphatic rings. The van der Waals surface area contributed by atoms with Gasteiger partial charge in [-0.05, 0) is 13.8 Å². The first-order valence-corrected chi connectivity index (χ1v) is 6.04. The summed E-state index contributed by atoms with van der Waals surface area (Å²) in [6, 6.07) is -0.926. The highest BCUT2D eigenvalue weighted by Gasteiger charge is 2.46. The molecule has 1 aliphatic carbocycles. The number of nitrogens with one attached hydrogen (secondary N) is 4. The van der Waals surface area contributed by atoms with E-state index in [-0.39, 0.29) is 23.9 Å². The largest absolute Gasteiger partial charge is 0.296 e. The van der Waals surface area contributed by atoms with Crippen LogP contribution in [0.1, 0.15) is 13.8 Å². The Labute approximate surface area is 105 Å². The lowest BCUT2D eigenvalue weighted by atomic mass is 9.86. The quantitative estimate of drug-likeness (QED) is 0.430. The number of fused-ring (bicyclic) bond motifs is 2. The first kappa shape index (κ1) is 11.4. The Morgan fingerprint density at radius 2 is 1.56 bits per heavy atom. The van der Waals surface area contributed by atoms with Crippen LogP contribution in [0.25, 0.3) is 0 Å². The molecule has 4 N–H and O–H groups in total. The zero-order valence-electron chi connectivity index (χ0n) is 10.3. The molecule has 6 nitrogen and oxygen atoms in total. The summed E-state index contributed by atoms with van der Waals surface area (Å²) in [6.45, 7) is 4.06. The summed E-state index contributed by atoms with van der Waals surface area (Å²) >= 11 is 0. The van der Waals surface area contributed by atoms with Crippen LogP contribution in [0.3, 0.4) is 0 Å². The lowest BCUT2D eigenvalue weighted by molar-refractivity contribution is -0.139. The lowest BCUT2D eigenvalue weighted by Gasteiger charge is -2.44. The van der Waals surface area contributed by atoms with E-state index in [1.165, 1.54) is 11.1 Å². The van der Waals surface area contributed by atoms with Gasteiger partial charge < -0.3 is 0 Å². The fourth-order valence-electron chi connectivity index (χ4n) is 2.87. The average Bonchev–Trinajstić information content (AvgIpc) is 2.32. The lowest BCUT2D eigenvalue weighted by Crippen LogP contribution is -2.77. The molecule has 0 radical (unpaired) electrons. The van der Waals surface area contributed by atoms with Crippen molar-refractivity contribution < 1.29 is 9.59 Å². The van der Waals surface area contributed by atoms with Gasteiger partial charge in [-0.1, -0.05) is 23.3 Å². The molecule has 2 aliphatic heterocycles. The van der Waals surface area contributed by atoms with Crippen LogP contribution in [-0.4, -0.2) is 36.0 Å². The van der Waals surface area contributed by atoms with Crippen molar-refractivity contribution in [2.45, 2.75) is 38.0 Å². The fourth-order valence-corrected chi connectivity index (χ4v) is 2.87. The number of carbonyl (C=O) groups excluding carboxylic acids is 2. The van der Waals surface area contributed by atoms with Crippen molar-refractivity contribution in [1.29, 1.82) is 0 Å². The molecule has 0 bridgehead atoms. The Balaban J connectivity index is 1.90.